The number of anilines is 2. The van der Waals surface area contributed by atoms with Gasteiger partial charge in [-0.05, 0) is 55.8 Å². The molecule has 2 aromatic rings. The van der Waals surface area contributed by atoms with Crippen molar-refractivity contribution in [3.63, 3.8) is 0 Å². The first kappa shape index (κ1) is 21.6. The van der Waals surface area contributed by atoms with E-state index >= 15 is 0 Å². The monoisotopic (exact) mass is 430 g/mol. The molecule has 7 nitrogen and oxygen atoms in total. The molecule has 8 heteroatoms. The summed E-state index contributed by atoms with van der Waals surface area (Å²) in [5.74, 6) is -1.12. The molecule has 3 rings (SSSR count). The second-order valence-corrected chi connectivity index (χ2v) is 7.36. The van der Waals surface area contributed by atoms with E-state index in [4.69, 9.17) is 21.1 Å². The van der Waals surface area contributed by atoms with Crippen molar-refractivity contribution in [3.8, 4) is 5.75 Å². The Morgan fingerprint density at radius 2 is 1.93 bits per heavy atom. The number of carbonyl (C=O) groups excluding carboxylic acids is 3. The van der Waals surface area contributed by atoms with E-state index in [1.54, 1.807) is 42.5 Å². The molecule has 1 aliphatic rings. The number of hydrogen-bond acceptors (Lipinski definition) is 5. The van der Waals surface area contributed by atoms with Crippen LogP contribution in [0.4, 0.5) is 11.4 Å². The molecular formula is C22H23ClN2O5. The maximum atomic E-state index is 12.3. The molecule has 30 heavy (non-hydrogen) atoms. The number of ether oxygens (including phenoxy) is 2. The lowest BCUT2D eigenvalue weighted by atomic mass is 10.1. The third kappa shape index (κ3) is 5.30. The molecule has 0 unspecified atom stereocenters. The Balaban J connectivity index is 1.51. The fourth-order valence-corrected chi connectivity index (χ4v) is 3.31. The summed E-state index contributed by atoms with van der Waals surface area (Å²) >= 11 is 6.03. The van der Waals surface area contributed by atoms with Gasteiger partial charge in [-0.1, -0.05) is 17.7 Å². The van der Waals surface area contributed by atoms with Crippen molar-refractivity contribution in [2.24, 2.45) is 5.92 Å². The fraction of sp³-hybridized carbons (Fsp3) is 0.318. The SMILES string of the molecule is CCOc1ccc(N2C[C@H](C(=O)OCC(=O)Nc3ccc(C)c(Cl)c3)CC2=O)cc1. The van der Waals surface area contributed by atoms with E-state index in [0.717, 1.165) is 5.56 Å². The third-order valence-corrected chi connectivity index (χ3v) is 5.13. The van der Waals surface area contributed by atoms with Crippen LogP contribution in [0.1, 0.15) is 18.9 Å². The minimum absolute atomic E-state index is 0.0429. The zero-order valence-electron chi connectivity index (χ0n) is 16.8. The van der Waals surface area contributed by atoms with Crippen molar-refractivity contribution < 1.29 is 23.9 Å². The van der Waals surface area contributed by atoms with Crippen LogP contribution in [-0.2, 0) is 19.1 Å². The van der Waals surface area contributed by atoms with E-state index in [2.05, 4.69) is 5.32 Å². The van der Waals surface area contributed by atoms with Crippen molar-refractivity contribution in [1.29, 1.82) is 0 Å². The van der Waals surface area contributed by atoms with Crippen LogP contribution in [0.2, 0.25) is 5.02 Å². The van der Waals surface area contributed by atoms with E-state index in [0.29, 0.717) is 28.8 Å². The van der Waals surface area contributed by atoms with E-state index in [1.807, 2.05) is 13.8 Å². The highest BCUT2D eigenvalue weighted by Crippen LogP contribution is 2.27. The Hall–Kier alpha value is -3.06. The lowest BCUT2D eigenvalue weighted by Crippen LogP contribution is -2.28. The summed E-state index contributed by atoms with van der Waals surface area (Å²) in [6.07, 6.45) is 0.0429. The summed E-state index contributed by atoms with van der Waals surface area (Å²) in [6.45, 7) is 4.08. The molecular weight excluding hydrogens is 408 g/mol. The Bertz CT molecular complexity index is 945. The van der Waals surface area contributed by atoms with Gasteiger partial charge >= 0.3 is 5.97 Å². The number of hydrogen-bond donors (Lipinski definition) is 1. The molecule has 2 amide bonds. The number of esters is 1. The van der Waals surface area contributed by atoms with Crippen molar-refractivity contribution >= 4 is 40.8 Å². The number of amides is 2. The average Bonchev–Trinajstić information content (AvgIpc) is 3.11. The van der Waals surface area contributed by atoms with Crippen LogP contribution in [0.25, 0.3) is 0 Å². The minimum atomic E-state index is -0.620. The number of halogens is 1. The van der Waals surface area contributed by atoms with Gasteiger partial charge < -0.3 is 19.7 Å². The van der Waals surface area contributed by atoms with Crippen LogP contribution in [0, 0.1) is 12.8 Å². The van der Waals surface area contributed by atoms with E-state index in [9.17, 15) is 14.4 Å². The lowest BCUT2D eigenvalue weighted by Gasteiger charge is -2.17. The largest absolute Gasteiger partial charge is 0.494 e. The quantitative estimate of drug-likeness (QED) is 0.678. The van der Waals surface area contributed by atoms with Gasteiger partial charge in [-0.25, -0.2) is 0 Å². The van der Waals surface area contributed by atoms with Crippen LogP contribution in [0.3, 0.4) is 0 Å². The van der Waals surface area contributed by atoms with Crippen molar-refractivity contribution in [2.75, 3.05) is 30.0 Å². The van der Waals surface area contributed by atoms with Gasteiger partial charge in [0.05, 0.1) is 12.5 Å². The first-order chi connectivity index (χ1) is 14.4. The van der Waals surface area contributed by atoms with Crippen LogP contribution in [0.15, 0.2) is 42.5 Å². The molecule has 2 aromatic carbocycles. The number of aryl methyl sites for hydroxylation is 1. The summed E-state index contributed by atoms with van der Waals surface area (Å²) in [4.78, 5) is 38.3. The molecule has 0 aliphatic carbocycles. The number of carbonyl (C=O) groups is 3. The average molecular weight is 431 g/mol. The normalized spacial score (nSPS) is 15.8. The van der Waals surface area contributed by atoms with Crippen LogP contribution in [0.5, 0.6) is 5.75 Å². The van der Waals surface area contributed by atoms with Gasteiger partial charge in [-0.2, -0.15) is 0 Å². The molecule has 1 fully saturated rings. The summed E-state index contributed by atoms with van der Waals surface area (Å²) in [7, 11) is 0. The van der Waals surface area contributed by atoms with Gasteiger partial charge in [0.1, 0.15) is 5.75 Å². The maximum absolute atomic E-state index is 12.3. The molecule has 0 saturated carbocycles. The van der Waals surface area contributed by atoms with Gasteiger partial charge in [0.25, 0.3) is 5.91 Å². The number of rotatable bonds is 7. The van der Waals surface area contributed by atoms with E-state index in [-0.39, 0.29) is 18.9 Å². The van der Waals surface area contributed by atoms with Crippen molar-refractivity contribution in [2.45, 2.75) is 20.3 Å². The van der Waals surface area contributed by atoms with Gasteiger partial charge in [0, 0.05) is 29.4 Å². The lowest BCUT2D eigenvalue weighted by molar-refractivity contribution is -0.151. The van der Waals surface area contributed by atoms with Crippen molar-refractivity contribution in [3.05, 3.63) is 53.1 Å². The van der Waals surface area contributed by atoms with Gasteiger partial charge in [0.2, 0.25) is 5.91 Å². The highest BCUT2D eigenvalue weighted by Gasteiger charge is 2.36. The Morgan fingerprint density at radius 3 is 2.60 bits per heavy atom. The van der Waals surface area contributed by atoms with Crippen LogP contribution < -0.4 is 15.0 Å². The predicted octanol–water partition coefficient (Wildman–Crippen LogP) is 3.58. The standard InChI is InChI=1S/C22H23ClN2O5/c1-3-29-18-8-6-17(7-9-18)25-12-15(10-21(25)27)22(28)30-13-20(26)24-16-5-4-14(2)19(23)11-16/h4-9,11,15H,3,10,12-13H2,1-2H3,(H,24,26)/t15-/m1/s1. The third-order valence-electron chi connectivity index (χ3n) is 4.72. The molecule has 158 valence electrons. The molecule has 0 aromatic heterocycles. The summed E-state index contributed by atoms with van der Waals surface area (Å²) in [5.41, 5.74) is 2.10. The fourth-order valence-electron chi connectivity index (χ4n) is 3.13. The van der Waals surface area contributed by atoms with Crippen LogP contribution in [-0.4, -0.2) is 37.5 Å². The molecule has 1 heterocycles. The van der Waals surface area contributed by atoms with E-state index in [1.165, 1.54) is 4.90 Å². The van der Waals surface area contributed by atoms with E-state index < -0.39 is 24.4 Å². The van der Waals surface area contributed by atoms with Crippen LogP contribution >= 0.6 is 11.6 Å². The smallest absolute Gasteiger partial charge is 0.311 e. The minimum Gasteiger partial charge on any atom is -0.494 e. The molecule has 0 spiro atoms. The predicted molar refractivity (Wildman–Crippen MR) is 114 cm³/mol. The zero-order valence-corrected chi connectivity index (χ0v) is 17.6. The van der Waals surface area contributed by atoms with Crippen molar-refractivity contribution in [1.82, 2.24) is 0 Å². The highest BCUT2D eigenvalue weighted by molar-refractivity contribution is 6.31. The number of nitrogens with zero attached hydrogens (tertiary/aromatic N) is 1. The zero-order chi connectivity index (χ0) is 21.7. The van der Waals surface area contributed by atoms with Gasteiger partial charge in [0.15, 0.2) is 6.61 Å². The maximum Gasteiger partial charge on any atom is 0.311 e. The first-order valence-corrected chi connectivity index (χ1v) is 10.0. The molecule has 1 N–H and O–H groups in total. The summed E-state index contributed by atoms with van der Waals surface area (Å²) < 4.78 is 10.5. The highest BCUT2D eigenvalue weighted by atomic mass is 35.5. The molecule has 1 atom stereocenters. The molecule has 0 radical (unpaired) electrons. The molecule has 1 saturated heterocycles. The molecule has 1 aliphatic heterocycles. The Kier molecular flexibility index (Phi) is 6.95. The second kappa shape index (κ2) is 9.63. The van der Waals surface area contributed by atoms with Gasteiger partial charge in [-0.3, -0.25) is 14.4 Å². The summed E-state index contributed by atoms with van der Waals surface area (Å²) in [6, 6.07) is 12.2. The summed E-state index contributed by atoms with van der Waals surface area (Å²) in [5, 5.41) is 3.16. The number of benzene rings is 2. The Morgan fingerprint density at radius 1 is 1.20 bits per heavy atom. The van der Waals surface area contributed by atoms with Gasteiger partial charge in [-0.15, -0.1) is 0 Å². The second-order valence-electron chi connectivity index (χ2n) is 6.95. The Labute approximate surface area is 179 Å². The first-order valence-electron chi connectivity index (χ1n) is 9.63. The number of nitrogens with one attached hydrogen (secondary N) is 1. The topological polar surface area (TPSA) is 84.9 Å². The molecule has 0 bridgehead atoms.